The Hall–Kier alpha value is -2.11. The molecule has 2 rings (SSSR count). The summed E-state index contributed by atoms with van der Waals surface area (Å²) in [5.74, 6) is -0.217. The summed E-state index contributed by atoms with van der Waals surface area (Å²) in [6.07, 6.45) is 2.12. The highest BCUT2D eigenvalue weighted by Crippen LogP contribution is 2.32. The van der Waals surface area contributed by atoms with Gasteiger partial charge in [-0.25, -0.2) is 4.98 Å². The molecule has 1 aromatic rings. The van der Waals surface area contributed by atoms with Crippen LogP contribution in [0.4, 0.5) is 5.82 Å². The highest BCUT2D eigenvalue weighted by atomic mass is 16.4. The number of carboxylic acid groups (broad SMARTS) is 1. The van der Waals surface area contributed by atoms with Crippen molar-refractivity contribution in [2.45, 2.75) is 20.3 Å². The van der Waals surface area contributed by atoms with Crippen LogP contribution in [-0.4, -0.2) is 41.6 Å². The molecule has 0 aromatic carbocycles. The maximum absolute atomic E-state index is 11.6. The van der Waals surface area contributed by atoms with E-state index >= 15 is 0 Å². The molecule has 1 amide bonds. The number of pyridine rings is 1. The first kappa shape index (κ1) is 14.3. The SMILES string of the molecule is CCNC(=O)c1ccc(N2CCC(C)(C(=O)O)C2)nc1. The second-order valence-corrected chi connectivity index (χ2v) is 5.30. The maximum Gasteiger partial charge on any atom is 0.311 e. The molecule has 1 unspecified atom stereocenters. The number of rotatable bonds is 4. The summed E-state index contributed by atoms with van der Waals surface area (Å²) in [4.78, 5) is 29.0. The number of anilines is 1. The molecule has 1 aliphatic heterocycles. The molecule has 1 aromatic heterocycles. The van der Waals surface area contributed by atoms with Crippen molar-refractivity contribution >= 4 is 17.7 Å². The molecule has 0 saturated carbocycles. The Labute approximate surface area is 117 Å². The molecule has 108 valence electrons. The zero-order valence-corrected chi connectivity index (χ0v) is 11.7. The van der Waals surface area contributed by atoms with E-state index in [2.05, 4.69) is 10.3 Å². The summed E-state index contributed by atoms with van der Waals surface area (Å²) in [5.41, 5.74) is -0.212. The third-order valence-electron chi connectivity index (χ3n) is 3.66. The van der Waals surface area contributed by atoms with E-state index in [9.17, 15) is 14.7 Å². The molecule has 0 bridgehead atoms. The molecule has 0 aliphatic carbocycles. The average Bonchev–Trinajstić information content (AvgIpc) is 2.83. The first-order valence-electron chi connectivity index (χ1n) is 6.69. The first-order chi connectivity index (χ1) is 9.46. The molecule has 6 nitrogen and oxygen atoms in total. The smallest absolute Gasteiger partial charge is 0.311 e. The summed E-state index contributed by atoms with van der Waals surface area (Å²) < 4.78 is 0. The summed E-state index contributed by atoms with van der Waals surface area (Å²) in [7, 11) is 0. The van der Waals surface area contributed by atoms with Crippen LogP contribution in [0.25, 0.3) is 0 Å². The second kappa shape index (κ2) is 5.48. The van der Waals surface area contributed by atoms with Gasteiger partial charge in [-0.05, 0) is 32.4 Å². The molecule has 1 aliphatic rings. The zero-order chi connectivity index (χ0) is 14.8. The summed E-state index contributed by atoms with van der Waals surface area (Å²) in [6, 6.07) is 3.47. The van der Waals surface area contributed by atoms with Crippen LogP contribution in [0.1, 0.15) is 30.6 Å². The van der Waals surface area contributed by atoms with Gasteiger partial charge in [0, 0.05) is 25.8 Å². The molecule has 2 N–H and O–H groups in total. The van der Waals surface area contributed by atoms with Crippen LogP contribution in [0.2, 0.25) is 0 Å². The van der Waals surface area contributed by atoms with Crippen LogP contribution in [-0.2, 0) is 4.79 Å². The Kier molecular flexibility index (Phi) is 3.92. The number of nitrogens with one attached hydrogen (secondary N) is 1. The molecule has 1 atom stereocenters. The van der Waals surface area contributed by atoms with Crippen LogP contribution >= 0.6 is 0 Å². The van der Waals surface area contributed by atoms with Gasteiger partial charge in [0.15, 0.2) is 0 Å². The molecule has 1 saturated heterocycles. The van der Waals surface area contributed by atoms with E-state index < -0.39 is 11.4 Å². The van der Waals surface area contributed by atoms with Crippen molar-refractivity contribution in [3.8, 4) is 0 Å². The van der Waals surface area contributed by atoms with Crippen LogP contribution in [0, 0.1) is 5.41 Å². The van der Waals surface area contributed by atoms with Crippen molar-refractivity contribution in [1.29, 1.82) is 0 Å². The van der Waals surface area contributed by atoms with E-state index in [0.717, 1.165) is 0 Å². The lowest BCUT2D eigenvalue weighted by molar-refractivity contribution is -0.146. The van der Waals surface area contributed by atoms with E-state index in [4.69, 9.17) is 0 Å². The molecule has 20 heavy (non-hydrogen) atoms. The lowest BCUT2D eigenvalue weighted by atomic mass is 9.90. The minimum Gasteiger partial charge on any atom is -0.481 e. The molecule has 1 fully saturated rings. The Balaban J connectivity index is 2.08. The van der Waals surface area contributed by atoms with Crippen molar-refractivity contribution in [3.63, 3.8) is 0 Å². The van der Waals surface area contributed by atoms with E-state index in [1.165, 1.54) is 6.20 Å². The average molecular weight is 277 g/mol. The van der Waals surface area contributed by atoms with E-state index in [1.807, 2.05) is 11.8 Å². The van der Waals surface area contributed by atoms with Crippen LogP contribution < -0.4 is 10.2 Å². The molecular formula is C14H19N3O3. The fourth-order valence-corrected chi connectivity index (χ4v) is 2.30. The van der Waals surface area contributed by atoms with Gasteiger partial charge in [-0.3, -0.25) is 9.59 Å². The fourth-order valence-electron chi connectivity index (χ4n) is 2.30. The normalized spacial score (nSPS) is 21.8. The van der Waals surface area contributed by atoms with Crippen molar-refractivity contribution in [2.24, 2.45) is 5.41 Å². The lowest BCUT2D eigenvalue weighted by Gasteiger charge is -2.20. The number of nitrogens with zero attached hydrogens (tertiary/aromatic N) is 2. The number of carboxylic acids is 1. The van der Waals surface area contributed by atoms with Gasteiger partial charge < -0.3 is 15.3 Å². The Morgan fingerprint density at radius 3 is 2.75 bits per heavy atom. The van der Waals surface area contributed by atoms with Gasteiger partial charge >= 0.3 is 5.97 Å². The van der Waals surface area contributed by atoms with Gasteiger partial charge in [0.05, 0.1) is 11.0 Å². The van der Waals surface area contributed by atoms with Gasteiger partial charge in [-0.2, -0.15) is 0 Å². The van der Waals surface area contributed by atoms with Crippen molar-refractivity contribution in [1.82, 2.24) is 10.3 Å². The summed E-state index contributed by atoms with van der Waals surface area (Å²) in [5, 5.41) is 11.9. The van der Waals surface area contributed by atoms with E-state index in [0.29, 0.717) is 37.4 Å². The highest BCUT2D eigenvalue weighted by Gasteiger charge is 2.40. The number of carbonyl (C=O) groups is 2. The largest absolute Gasteiger partial charge is 0.481 e. The third-order valence-corrected chi connectivity index (χ3v) is 3.66. The lowest BCUT2D eigenvalue weighted by Crippen LogP contribution is -2.32. The van der Waals surface area contributed by atoms with E-state index in [1.54, 1.807) is 19.1 Å². The number of aliphatic carboxylic acids is 1. The molecular weight excluding hydrogens is 258 g/mol. The van der Waals surface area contributed by atoms with Crippen LogP contribution in [0.15, 0.2) is 18.3 Å². The molecule has 6 heteroatoms. The van der Waals surface area contributed by atoms with Crippen LogP contribution in [0.5, 0.6) is 0 Å². The molecule has 2 heterocycles. The van der Waals surface area contributed by atoms with Crippen LogP contribution in [0.3, 0.4) is 0 Å². The number of hydrogen-bond acceptors (Lipinski definition) is 4. The minimum absolute atomic E-state index is 0.150. The van der Waals surface area contributed by atoms with Gasteiger partial charge in [0.1, 0.15) is 5.82 Å². The maximum atomic E-state index is 11.6. The number of aromatic nitrogens is 1. The standard InChI is InChI=1S/C14H19N3O3/c1-3-15-12(18)10-4-5-11(16-8-10)17-7-6-14(2,9-17)13(19)20/h4-5,8H,3,6-7,9H2,1-2H3,(H,15,18)(H,19,20). The topological polar surface area (TPSA) is 82.5 Å². The summed E-state index contributed by atoms with van der Waals surface area (Å²) >= 11 is 0. The summed E-state index contributed by atoms with van der Waals surface area (Å²) in [6.45, 7) is 5.28. The Bertz CT molecular complexity index is 515. The highest BCUT2D eigenvalue weighted by molar-refractivity contribution is 5.94. The minimum atomic E-state index is -0.779. The predicted molar refractivity (Wildman–Crippen MR) is 74.8 cm³/mol. The van der Waals surface area contributed by atoms with Gasteiger partial charge in [-0.1, -0.05) is 0 Å². The second-order valence-electron chi connectivity index (χ2n) is 5.30. The quantitative estimate of drug-likeness (QED) is 0.862. The fraction of sp³-hybridized carbons (Fsp3) is 0.500. The third kappa shape index (κ3) is 2.74. The Morgan fingerprint density at radius 1 is 1.50 bits per heavy atom. The first-order valence-corrected chi connectivity index (χ1v) is 6.69. The van der Waals surface area contributed by atoms with E-state index in [-0.39, 0.29) is 5.91 Å². The van der Waals surface area contributed by atoms with Gasteiger partial charge in [0.2, 0.25) is 0 Å². The monoisotopic (exact) mass is 277 g/mol. The van der Waals surface area contributed by atoms with Crippen molar-refractivity contribution in [2.75, 3.05) is 24.5 Å². The molecule has 0 radical (unpaired) electrons. The van der Waals surface area contributed by atoms with Gasteiger partial charge in [-0.15, -0.1) is 0 Å². The zero-order valence-electron chi connectivity index (χ0n) is 11.7. The van der Waals surface area contributed by atoms with Crippen molar-refractivity contribution in [3.05, 3.63) is 23.9 Å². The Morgan fingerprint density at radius 2 is 2.25 bits per heavy atom. The number of carbonyl (C=O) groups excluding carboxylic acids is 1. The number of amides is 1. The number of hydrogen-bond donors (Lipinski definition) is 2. The predicted octanol–water partition coefficient (Wildman–Crippen LogP) is 1.13. The van der Waals surface area contributed by atoms with Gasteiger partial charge in [0.25, 0.3) is 5.91 Å². The van der Waals surface area contributed by atoms with Crippen molar-refractivity contribution < 1.29 is 14.7 Å². The molecule has 0 spiro atoms.